The summed E-state index contributed by atoms with van der Waals surface area (Å²) in [6.07, 6.45) is 3.27. The summed E-state index contributed by atoms with van der Waals surface area (Å²) in [6.45, 7) is 20.4. The smallest absolute Gasteiger partial charge is 0.0881 e. The molecule has 0 bridgehead atoms. The second-order valence-corrected chi connectivity index (χ2v) is 30.7. The fourth-order valence-electron chi connectivity index (χ4n) is 7.90. The second kappa shape index (κ2) is 21.2. The molecule has 0 amide bonds. The van der Waals surface area contributed by atoms with Crippen LogP contribution in [-0.2, 0) is 31.9 Å². The molecule has 3 aromatic heterocycles. The predicted octanol–water partition coefficient (Wildman–Crippen LogP) is 15.9. The average Bonchev–Trinajstić information content (AvgIpc) is 3.83. The number of nitrogens with zero attached hydrogens (tertiary/aromatic N) is 4. The van der Waals surface area contributed by atoms with Gasteiger partial charge in [-0.2, -0.15) is 11.3 Å². The summed E-state index contributed by atoms with van der Waals surface area (Å²) in [5, 5.41) is 1.13. The zero-order valence-electron chi connectivity index (χ0n) is 37.9. The van der Waals surface area contributed by atoms with E-state index in [0.29, 0.717) is 17.8 Å². The van der Waals surface area contributed by atoms with Crippen LogP contribution in [0, 0.1) is 18.1 Å². The van der Waals surface area contributed by atoms with Crippen molar-refractivity contribution in [3.8, 4) is 39.5 Å². The van der Waals surface area contributed by atoms with E-state index in [0.717, 1.165) is 55.3 Å². The Labute approximate surface area is 399 Å². The van der Waals surface area contributed by atoms with Crippen LogP contribution in [0.2, 0.25) is 17.3 Å². The van der Waals surface area contributed by atoms with E-state index in [1.165, 1.54) is 33.5 Å². The van der Waals surface area contributed by atoms with Gasteiger partial charge in [0.05, 0.1) is 21.9 Å². The summed E-state index contributed by atoms with van der Waals surface area (Å²) in [7, 11) is 0. The number of rotatable bonds is 9. The standard InChI is InChI=1S/C36H36N3S.C18H24GeN.2CH4.Ir/c1-22(2)27-20-25(24-14-9-8-10-15-24)21-28(23(3)4)32(27)39-31-19-12-11-17-29(31)37-34(39)26-16-13-18-30-33(26)40-35(38-30)36(5,6)7;1-14(2)11-16-12-18(15-9-7-6-8-10-15)20-13-17(16)19(3,4)5;;;/h8-15,17-23H,1-7H3;6-9,12-14H,11H2,1-5H3;2*1H4;/q2*-1;;;. The summed E-state index contributed by atoms with van der Waals surface area (Å²) >= 11 is -0.0935. The quantitative estimate of drug-likeness (QED) is 0.107. The number of benzene rings is 5. The zero-order chi connectivity index (χ0) is 42.9. The van der Waals surface area contributed by atoms with E-state index in [4.69, 9.17) is 15.0 Å². The van der Waals surface area contributed by atoms with Gasteiger partial charge in [-0.15, -0.1) is 18.2 Å². The normalized spacial score (nSPS) is 11.6. The van der Waals surface area contributed by atoms with E-state index in [1.54, 1.807) is 15.7 Å². The molecule has 0 saturated carbocycles. The number of para-hydroxylation sites is 2. The fourth-order valence-corrected chi connectivity index (χ4v) is 12.3. The van der Waals surface area contributed by atoms with Gasteiger partial charge in [-0.3, -0.25) is 9.97 Å². The van der Waals surface area contributed by atoms with Gasteiger partial charge >= 0.3 is 126 Å². The maximum atomic E-state index is 5.27. The molecule has 3 heterocycles. The minimum Gasteiger partial charge on any atom is -0.333 e. The molecule has 1 radical (unpaired) electrons. The first-order chi connectivity index (χ1) is 28.5. The Balaban J connectivity index is 0.000000323. The first kappa shape index (κ1) is 51.4. The Bertz CT molecular complexity index is 2710. The summed E-state index contributed by atoms with van der Waals surface area (Å²) in [5.41, 5.74) is 14.1. The van der Waals surface area contributed by atoms with Gasteiger partial charge in [0.15, 0.2) is 0 Å². The number of thiazole rings is 1. The SMILES string of the molecule is C.C.CC(C)Cc1cc(-c2[c-]cccc2)nc[c]1[Ge]([CH3])([CH3])[CH3].CC(C)c1cc(-c2ccccc2)cc(C(C)C)c1-n1c(-c2[c-]ccc3nc(C(C)(C)C)sc23)nc2ccccc21.[Ir]. The average molecular weight is 1090 g/mol. The van der Waals surface area contributed by atoms with Crippen LogP contribution in [0.3, 0.4) is 0 Å². The fraction of sp³-hybridized carbons (Fsp3) is 0.339. The molecule has 8 aromatic rings. The van der Waals surface area contributed by atoms with Crippen molar-refractivity contribution in [3.05, 3.63) is 149 Å². The van der Waals surface area contributed by atoms with E-state index in [2.05, 4.69) is 187 Å². The summed E-state index contributed by atoms with van der Waals surface area (Å²) in [6, 6.07) is 45.3. The van der Waals surface area contributed by atoms with Crippen LogP contribution in [0.25, 0.3) is 60.7 Å². The molecule has 0 aliphatic rings. The van der Waals surface area contributed by atoms with Crippen LogP contribution < -0.4 is 4.40 Å². The number of imidazole rings is 1. The van der Waals surface area contributed by atoms with Crippen molar-refractivity contribution in [1.29, 1.82) is 0 Å². The Morgan fingerprint density at radius 2 is 1.33 bits per heavy atom. The summed E-state index contributed by atoms with van der Waals surface area (Å²) < 4.78 is 5.08. The number of fused-ring (bicyclic) bond motifs is 2. The molecule has 0 aliphatic carbocycles. The molecule has 63 heavy (non-hydrogen) atoms. The minimum atomic E-state index is -1.86. The molecule has 0 spiro atoms. The van der Waals surface area contributed by atoms with E-state index in [9.17, 15) is 0 Å². The molecule has 333 valence electrons. The van der Waals surface area contributed by atoms with Gasteiger partial charge in [0.25, 0.3) is 0 Å². The predicted molar refractivity (Wildman–Crippen MR) is 274 cm³/mol. The Morgan fingerprint density at radius 3 is 1.92 bits per heavy atom. The van der Waals surface area contributed by atoms with Gasteiger partial charge in [0.1, 0.15) is 0 Å². The van der Waals surface area contributed by atoms with Crippen molar-refractivity contribution in [2.24, 2.45) is 5.92 Å². The number of aromatic nitrogens is 4. The second-order valence-electron chi connectivity index (χ2n) is 19.1. The molecule has 0 saturated heterocycles. The largest absolute Gasteiger partial charge is 0.333 e. The maximum Gasteiger partial charge on any atom is 0.0881 e. The maximum absolute atomic E-state index is 5.27. The van der Waals surface area contributed by atoms with E-state index < -0.39 is 13.3 Å². The number of hydrogen-bond acceptors (Lipinski definition) is 4. The molecule has 8 rings (SSSR count). The van der Waals surface area contributed by atoms with Crippen LogP contribution in [-0.4, -0.2) is 32.8 Å². The van der Waals surface area contributed by atoms with Crippen molar-refractivity contribution in [1.82, 2.24) is 19.5 Å². The Kier molecular flexibility index (Phi) is 17.3. The monoisotopic (exact) mass is 1100 g/mol. The molecular formula is C56H68GeIrN4S-2. The van der Waals surface area contributed by atoms with E-state index >= 15 is 0 Å². The van der Waals surface area contributed by atoms with Crippen LogP contribution in [0.15, 0.2) is 115 Å². The number of hydrogen-bond donors (Lipinski definition) is 0. The van der Waals surface area contributed by atoms with Crippen molar-refractivity contribution in [3.63, 3.8) is 0 Å². The topological polar surface area (TPSA) is 43.6 Å². The zero-order valence-corrected chi connectivity index (χ0v) is 43.2. The molecule has 0 N–H and O–H groups in total. The van der Waals surface area contributed by atoms with Gasteiger partial charge in [-0.05, 0) is 68.6 Å². The summed E-state index contributed by atoms with van der Waals surface area (Å²) in [5.74, 6) is 9.56. The van der Waals surface area contributed by atoms with Crippen LogP contribution in [0.5, 0.6) is 0 Å². The van der Waals surface area contributed by atoms with Gasteiger partial charge in [0.2, 0.25) is 0 Å². The van der Waals surface area contributed by atoms with Gasteiger partial charge in [-0.1, -0.05) is 111 Å². The van der Waals surface area contributed by atoms with Gasteiger partial charge < -0.3 is 4.57 Å². The molecule has 0 fully saturated rings. The first-order valence-electron chi connectivity index (χ1n) is 21.5. The molecule has 0 atom stereocenters. The third-order valence-electron chi connectivity index (χ3n) is 10.9. The van der Waals surface area contributed by atoms with Crippen LogP contribution >= 0.6 is 11.3 Å². The Morgan fingerprint density at radius 1 is 0.698 bits per heavy atom. The van der Waals surface area contributed by atoms with Gasteiger partial charge in [0, 0.05) is 31.2 Å². The van der Waals surface area contributed by atoms with Crippen LogP contribution in [0.4, 0.5) is 0 Å². The van der Waals surface area contributed by atoms with Gasteiger partial charge in [-0.25, -0.2) is 0 Å². The van der Waals surface area contributed by atoms with E-state index in [-0.39, 0.29) is 40.4 Å². The molecular weight excluding hydrogens is 1030 g/mol. The molecule has 0 aliphatic heterocycles. The van der Waals surface area contributed by atoms with E-state index in [1.807, 2.05) is 24.3 Å². The Hall–Kier alpha value is -4.20. The molecule has 0 unspecified atom stereocenters. The molecule has 5 aromatic carbocycles. The third kappa shape index (κ3) is 11.4. The van der Waals surface area contributed by atoms with Crippen molar-refractivity contribution in [2.45, 2.75) is 118 Å². The van der Waals surface area contributed by atoms with Crippen LogP contribution in [0.1, 0.15) is 111 Å². The third-order valence-corrected chi connectivity index (χ3v) is 16.8. The summed E-state index contributed by atoms with van der Waals surface area (Å²) in [4.78, 5) is 15.0. The van der Waals surface area contributed by atoms with Crippen molar-refractivity contribution < 1.29 is 20.1 Å². The number of pyridine rings is 1. The minimum absolute atomic E-state index is 0. The van der Waals surface area contributed by atoms with Crippen molar-refractivity contribution >= 4 is 50.2 Å². The first-order valence-corrected chi connectivity index (χ1v) is 29.7. The molecule has 7 heteroatoms. The van der Waals surface area contributed by atoms with Crippen molar-refractivity contribution in [2.75, 3.05) is 0 Å². The molecule has 4 nitrogen and oxygen atoms in total.